The molecule has 0 aromatic carbocycles. The van der Waals surface area contributed by atoms with Crippen LogP contribution in [0.25, 0.3) is 0 Å². The molecule has 3 nitrogen and oxygen atoms in total. The molecule has 5 fully saturated rings. The van der Waals surface area contributed by atoms with E-state index in [4.69, 9.17) is 0 Å². The van der Waals surface area contributed by atoms with E-state index in [1.807, 2.05) is 0 Å². The maximum Gasteiger partial charge on any atom is 1.00 e. The van der Waals surface area contributed by atoms with Gasteiger partial charge in [-0.2, -0.15) is 0 Å². The number of aliphatic carboxylic acids is 1. The second-order valence-electron chi connectivity index (χ2n) is 14.3. The summed E-state index contributed by atoms with van der Waals surface area (Å²) in [5.74, 6) is 1.64. The number of carboxylic acids is 1. The maximum absolute atomic E-state index is 12.9. The van der Waals surface area contributed by atoms with Crippen LogP contribution in [-0.4, -0.2) is 11.8 Å². The molecule has 5 rings (SSSR count). The Labute approximate surface area is 229 Å². The van der Waals surface area contributed by atoms with Gasteiger partial charge < -0.3 is 9.90 Å². The molecule has 0 spiro atoms. The van der Waals surface area contributed by atoms with Gasteiger partial charge in [-0.1, -0.05) is 46.8 Å². The van der Waals surface area contributed by atoms with Gasteiger partial charge in [-0.3, -0.25) is 4.79 Å². The maximum atomic E-state index is 12.9. The molecule has 5 saturated carbocycles. The third kappa shape index (κ3) is 3.11. The monoisotopic (exact) mass is 476 g/mol. The summed E-state index contributed by atoms with van der Waals surface area (Å²) in [6.45, 7) is 18.4. The van der Waals surface area contributed by atoms with Crippen molar-refractivity contribution in [1.29, 1.82) is 0 Å². The molecule has 0 heterocycles. The molecule has 5 aliphatic rings. The molecule has 0 saturated heterocycles. The standard InChI is InChI=1S/C30H46O3.Na/c1-18(2)19-10-15-30(25(32)33)17-16-28(6)20(24(19)30)8-9-22-27(5)13-12-23(31)26(3,4)21(27)11-14-29(22,28)7;/h19-22,24H,1,8-17H2,2-7H3,(H,32,33);/q;+1/p-1/t19?,20-,21?,22-,24?,27+,28-,29-,30+;/m1./s1. The molecule has 9 atom stereocenters. The average Bonchev–Trinajstić information content (AvgIpc) is 3.13. The molecule has 0 N–H and O–H groups in total. The molecule has 0 amide bonds. The Kier molecular flexibility index (Phi) is 6.49. The smallest absolute Gasteiger partial charge is 0.550 e. The molecule has 184 valence electrons. The normalized spacial score (nSPS) is 51.2. The van der Waals surface area contributed by atoms with E-state index in [1.165, 1.54) is 18.4 Å². The minimum Gasteiger partial charge on any atom is -0.550 e. The first-order chi connectivity index (χ1) is 15.3. The van der Waals surface area contributed by atoms with Crippen LogP contribution in [0.1, 0.15) is 106 Å². The van der Waals surface area contributed by atoms with Crippen LogP contribution in [0.3, 0.4) is 0 Å². The van der Waals surface area contributed by atoms with E-state index in [2.05, 4.69) is 48.1 Å². The second-order valence-corrected chi connectivity index (χ2v) is 14.3. The number of ketones is 1. The van der Waals surface area contributed by atoms with E-state index in [-0.39, 0.29) is 57.1 Å². The van der Waals surface area contributed by atoms with E-state index < -0.39 is 11.4 Å². The molecule has 0 radical (unpaired) electrons. The van der Waals surface area contributed by atoms with Gasteiger partial charge in [-0.05, 0) is 111 Å². The zero-order valence-electron chi connectivity index (χ0n) is 22.9. The number of fused-ring (bicyclic) bond motifs is 7. The molecule has 0 aliphatic heterocycles. The van der Waals surface area contributed by atoms with Crippen LogP contribution in [-0.2, 0) is 9.59 Å². The van der Waals surface area contributed by atoms with Crippen LogP contribution in [0.5, 0.6) is 0 Å². The quantitative estimate of drug-likeness (QED) is 0.455. The number of carbonyl (C=O) groups is 2. The van der Waals surface area contributed by atoms with Crippen LogP contribution >= 0.6 is 0 Å². The summed E-state index contributed by atoms with van der Waals surface area (Å²) in [4.78, 5) is 25.5. The van der Waals surface area contributed by atoms with E-state index in [0.29, 0.717) is 29.5 Å². The third-order valence-corrected chi connectivity index (χ3v) is 13.2. The molecule has 0 aromatic heterocycles. The van der Waals surface area contributed by atoms with Gasteiger partial charge in [-0.25, -0.2) is 0 Å². The van der Waals surface area contributed by atoms with Crippen molar-refractivity contribution in [3.63, 3.8) is 0 Å². The fraction of sp³-hybridized carbons (Fsp3) is 0.867. The van der Waals surface area contributed by atoms with Crippen molar-refractivity contribution in [2.45, 2.75) is 106 Å². The number of hydrogen-bond donors (Lipinski definition) is 0. The molecule has 5 aliphatic carbocycles. The SMILES string of the molecule is C=C(C)C1CC[C@]2(C(=O)[O-])CC[C@]3(C)[C@H](CC[C@@H]4[C@@]5(C)CCC(=O)C(C)(C)C5CC[C@]43C)C12.[Na+]. The molecule has 3 unspecified atom stereocenters. The number of Topliss-reactive ketones (excluding diaryl/α,β-unsaturated/α-hetero) is 1. The first kappa shape index (κ1) is 26.9. The molecule has 4 heteroatoms. The predicted octanol–water partition coefficient (Wildman–Crippen LogP) is 2.97. The Balaban J connectivity index is 0.00000274. The first-order valence-corrected chi connectivity index (χ1v) is 13.7. The Morgan fingerprint density at radius 3 is 2.18 bits per heavy atom. The van der Waals surface area contributed by atoms with Crippen molar-refractivity contribution in [3.05, 3.63) is 12.2 Å². The summed E-state index contributed by atoms with van der Waals surface area (Å²) in [5, 5.41) is 12.6. The number of hydrogen-bond acceptors (Lipinski definition) is 3. The van der Waals surface area contributed by atoms with Gasteiger partial charge in [-0.15, -0.1) is 0 Å². The van der Waals surface area contributed by atoms with Crippen molar-refractivity contribution in [2.75, 3.05) is 0 Å². The number of carbonyl (C=O) groups excluding carboxylic acids is 2. The summed E-state index contributed by atoms with van der Waals surface area (Å²) in [5.41, 5.74) is 0.819. The third-order valence-electron chi connectivity index (χ3n) is 13.2. The van der Waals surface area contributed by atoms with Gasteiger partial charge in [0.15, 0.2) is 0 Å². The molecular weight excluding hydrogens is 431 g/mol. The van der Waals surface area contributed by atoms with Crippen molar-refractivity contribution in [2.24, 2.45) is 56.7 Å². The van der Waals surface area contributed by atoms with Crippen molar-refractivity contribution >= 4 is 11.8 Å². The van der Waals surface area contributed by atoms with E-state index in [9.17, 15) is 14.7 Å². The van der Waals surface area contributed by atoms with Crippen molar-refractivity contribution in [3.8, 4) is 0 Å². The van der Waals surface area contributed by atoms with Crippen LogP contribution < -0.4 is 34.7 Å². The van der Waals surface area contributed by atoms with Gasteiger partial charge in [0.1, 0.15) is 5.78 Å². The molecule has 0 aromatic rings. The molecule has 34 heavy (non-hydrogen) atoms. The summed E-state index contributed by atoms with van der Waals surface area (Å²) < 4.78 is 0. The predicted molar refractivity (Wildman–Crippen MR) is 129 cm³/mol. The number of rotatable bonds is 2. The minimum atomic E-state index is -0.797. The Morgan fingerprint density at radius 1 is 0.882 bits per heavy atom. The summed E-state index contributed by atoms with van der Waals surface area (Å²) in [6, 6.07) is 0. The topological polar surface area (TPSA) is 57.2 Å². The fourth-order valence-corrected chi connectivity index (χ4v) is 11.3. The van der Waals surface area contributed by atoms with Crippen LogP contribution in [0.4, 0.5) is 0 Å². The first-order valence-electron chi connectivity index (χ1n) is 13.7. The van der Waals surface area contributed by atoms with Crippen molar-refractivity contribution < 1.29 is 44.3 Å². The van der Waals surface area contributed by atoms with E-state index in [1.54, 1.807) is 0 Å². The van der Waals surface area contributed by atoms with Gasteiger partial charge in [0, 0.05) is 23.2 Å². The summed E-state index contributed by atoms with van der Waals surface area (Å²) in [6.07, 6.45) is 9.84. The van der Waals surface area contributed by atoms with E-state index in [0.717, 1.165) is 51.4 Å². The van der Waals surface area contributed by atoms with E-state index >= 15 is 0 Å². The number of allylic oxidation sites excluding steroid dienone is 1. The van der Waals surface area contributed by atoms with Gasteiger partial charge in [0.25, 0.3) is 0 Å². The van der Waals surface area contributed by atoms with Gasteiger partial charge >= 0.3 is 29.6 Å². The summed E-state index contributed by atoms with van der Waals surface area (Å²) >= 11 is 0. The molecular formula is C30H45NaO3. The average molecular weight is 477 g/mol. The van der Waals surface area contributed by atoms with Crippen LogP contribution in [0.2, 0.25) is 0 Å². The largest absolute Gasteiger partial charge is 1.00 e. The van der Waals surface area contributed by atoms with Crippen LogP contribution in [0, 0.1) is 56.7 Å². The minimum absolute atomic E-state index is 0. The Bertz CT molecular complexity index is 909. The fourth-order valence-electron chi connectivity index (χ4n) is 11.3. The second kappa shape index (κ2) is 8.19. The zero-order chi connectivity index (χ0) is 24.2. The number of carboxylic acid groups (broad SMARTS) is 1. The zero-order valence-corrected chi connectivity index (χ0v) is 24.9. The summed E-state index contributed by atoms with van der Waals surface area (Å²) in [7, 11) is 0. The molecule has 0 bridgehead atoms. The van der Waals surface area contributed by atoms with Gasteiger partial charge in [0.2, 0.25) is 0 Å². The van der Waals surface area contributed by atoms with Crippen LogP contribution in [0.15, 0.2) is 12.2 Å². The van der Waals surface area contributed by atoms with Crippen molar-refractivity contribution in [1.82, 2.24) is 0 Å². The van der Waals surface area contributed by atoms with Gasteiger partial charge in [0.05, 0.1) is 0 Å². The Morgan fingerprint density at radius 2 is 1.56 bits per heavy atom. The Hall–Kier alpha value is -0.120.